The molecule has 23 heavy (non-hydrogen) atoms. The fourth-order valence-electron chi connectivity index (χ4n) is 3.77. The lowest BCUT2D eigenvalue weighted by atomic mass is 9.86. The number of ether oxygens (including phenoxy) is 1. The van der Waals surface area contributed by atoms with Gasteiger partial charge in [-0.05, 0) is 25.3 Å². The van der Waals surface area contributed by atoms with Crippen molar-refractivity contribution in [2.75, 3.05) is 13.1 Å². The number of pyridine rings is 1. The summed E-state index contributed by atoms with van der Waals surface area (Å²) in [5, 5.41) is 0. The number of likely N-dealkylation sites (tertiary alicyclic amines) is 1. The van der Waals surface area contributed by atoms with Gasteiger partial charge in [-0.15, -0.1) is 0 Å². The Morgan fingerprint density at radius 2 is 2.09 bits per heavy atom. The average Bonchev–Trinajstić information content (AvgIpc) is 3.02. The van der Waals surface area contributed by atoms with Crippen LogP contribution in [0.3, 0.4) is 0 Å². The second-order valence-electron chi connectivity index (χ2n) is 7.03. The van der Waals surface area contributed by atoms with Gasteiger partial charge in [-0.1, -0.05) is 38.2 Å². The van der Waals surface area contributed by atoms with Gasteiger partial charge in [-0.2, -0.15) is 0 Å². The van der Waals surface area contributed by atoms with Crippen LogP contribution in [0.15, 0.2) is 18.2 Å². The topological polar surface area (TPSA) is 42.4 Å². The maximum absolute atomic E-state index is 12.4. The van der Waals surface area contributed by atoms with E-state index in [-0.39, 0.29) is 6.10 Å². The Labute approximate surface area is 139 Å². The molecule has 126 valence electrons. The van der Waals surface area contributed by atoms with Crippen LogP contribution >= 0.6 is 0 Å². The Kier molecular flexibility index (Phi) is 5.52. The molecule has 3 rings (SSSR count). The van der Waals surface area contributed by atoms with Crippen LogP contribution in [-0.2, 0) is 4.79 Å². The van der Waals surface area contributed by atoms with Crippen LogP contribution in [0.2, 0.25) is 0 Å². The zero-order chi connectivity index (χ0) is 16.1. The van der Waals surface area contributed by atoms with E-state index in [1.807, 2.05) is 30.0 Å². The summed E-state index contributed by atoms with van der Waals surface area (Å²) in [5.41, 5.74) is 0.959. The van der Waals surface area contributed by atoms with Crippen molar-refractivity contribution in [1.29, 1.82) is 0 Å². The minimum Gasteiger partial charge on any atom is -0.472 e. The minimum atomic E-state index is 0.0860. The molecule has 1 aliphatic heterocycles. The van der Waals surface area contributed by atoms with Crippen molar-refractivity contribution in [3.05, 3.63) is 23.9 Å². The van der Waals surface area contributed by atoms with Gasteiger partial charge in [0.1, 0.15) is 6.10 Å². The Balaban J connectivity index is 1.42. The molecular formula is C19H28N2O2. The number of carbonyl (C=O) groups excluding carboxylic acids is 1. The first kappa shape index (κ1) is 16.3. The summed E-state index contributed by atoms with van der Waals surface area (Å²) < 4.78 is 5.93. The van der Waals surface area contributed by atoms with E-state index in [1.54, 1.807) is 0 Å². The Bertz CT molecular complexity index is 526. The van der Waals surface area contributed by atoms with Crippen LogP contribution in [0.4, 0.5) is 0 Å². The smallest absolute Gasteiger partial charge is 0.222 e. The lowest BCUT2D eigenvalue weighted by molar-refractivity contribution is -0.130. The molecule has 1 atom stereocenters. The fraction of sp³-hybridized carbons (Fsp3) is 0.684. The third-order valence-corrected chi connectivity index (χ3v) is 5.14. The second kappa shape index (κ2) is 7.80. The van der Waals surface area contributed by atoms with E-state index in [0.29, 0.717) is 24.8 Å². The number of hydrogen-bond acceptors (Lipinski definition) is 3. The molecule has 4 heteroatoms. The zero-order valence-corrected chi connectivity index (χ0v) is 14.2. The van der Waals surface area contributed by atoms with Crippen molar-refractivity contribution >= 4 is 5.91 Å². The number of carbonyl (C=O) groups is 1. The molecule has 0 bridgehead atoms. The molecule has 2 heterocycles. The number of aromatic nitrogens is 1. The Morgan fingerprint density at radius 1 is 1.26 bits per heavy atom. The van der Waals surface area contributed by atoms with E-state index in [2.05, 4.69) is 4.98 Å². The molecule has 1 aromatic heterocycles. The summed E-state index contributed by atoms with van der Waals surface area (Å²) in [6, 6.07) is 5.81. The number of amides is 1. The summed E-state index contributed by atoms with van der Waals surface area (Å²) in [6.45, 7) is 3.49. The van der Waals surface area contributed by atoms with Gasteiger partial charge in [0.2, 0.25) is 11.8 Å². The number of rotatable bonds is 5. The summed E-state index contributed by atoms with van der Waals surface area (Å²) in [5.74, 6) is 1.75. The Hall–Kier alpha value is -1.58. The number of nitrogens with zero attached hydrogens (tertiary/aromatic N) is 2. The predicted octanol–water partition coefficient (Wildman–Crippen LogP) is 3.73. The molecule has 0 N–H and O–H groups in total. The van der Waals surface area contributed by atoms with E-state index >= 15 is 0 Å². The second-order valence-corrected chi connectivity index (χ2v) is 7.03. The van der Waals surface area contributed by atoms with Crippen molar-refractivity contribution < 1.29 is 9.53 Å². The third-order valence-electron chi connectivity index (χ3n) is 5.14. The molecule has 0 spiro atoms. The van der Waals surface area contributed by atoms with Gasteiger partial charge in [0.25, 0.3) is 0 Å². The normalized spacial score (nSPS) is 22.3. The van der Waals surface area contributed by atoms with Crippen LogP contribution in [-0.4, -0.2) is 35.0 Å². The van der Waals surface area contributed by atoms with Crippen molar-refractivity contribution in [2.45, 2.75) is 64.4 Å². The van der Waals surface area contributed by atoms with Gasteiger partial charge in [-0.3, -0.25) is 4.79 Å². The Morgan fingerprint density at radius 3 is 2.87 bits per heavy atom. The highest BCUT2D eigenvalue weighted by Crippen LogP contribution is 2.28. The molecule has 1 amide bonds. The third kappa shape index (κ3) is 4.69. The molecule has 0 radical (unpaired) electrons. The molecular weight excluding hydrogens is 288 g/mol. The van der Waals surface area contributed by atoms with Gasteiger partial charge in [0.05, 0.1) is 6.54 Å². The van der Waals surface area contributed by atoms with Crippen molar-refractivity contribution in [1.82, 2.24) is 9.88 Å². The van der Waals surface area contributed by atoms with Crippen LogP contribution in [0.1, 0.15) is 57.1 Å². The van der Waals surface area contributed by atoms with Gasteiger partial charge in [0, 0.05) is 31.1 Å². The fourth-order valence-corrected chi connectivity index (χ4v) is 3.77. The van der Waals surface area contributed by atoms with E-state index in [4.69, 9.17) is 4.74 Å². The first-order chi connectivity index (χ1) is 11.2. The summed E-state index contributed by atoms with van der Waals surface area (Å²) >= 11 is 0. The van der Waals surface area contributed by atoms with E-state index in [9.17, 15) is 4.79 Å². The van der Waals surface area contributed by atoms with Crippen molar-refractivity contribution in [3.8, 4) is 5.88 Å². The first-order valence-electron chi connectivity index (χ1n) is 9.09. The lowest BCUT2D eigenvalue weighted by Gasteiger charge is -2.22. The monoisotopic (exact) mass is 316 g/mol. The predicted molar refractivity (Wildman–Crippen MR) is 90.4 cm³/mol. The first-order valence-corrected chi connectivity index (χ1v) is 9.09. The van der Waals surface area contributed by atoms with E-state index in [1.165, 1.54) is 32.1 Å². The van der Waals surface area contributed by atoms with E-state index < -0.39 is 0 Å². The highest BCUT2D eigenvalue weighted by Gasteiger charge is 2.28. The zero-order valence-electron chi connectivity index (χ0n) is 14.2. The summed E-state index contributed by atoms with van der Waals surface area (Å²) in [4.78, 5) is 18.7. The molecule has 2 fully saturated rings. The van der Waals surface area contributed by atoms with Crippen LogP contribution in [0, 0.1) is 12.8 Å². The molecule has 2 aliphatic rings. The van der Waals surface area contributed by atoms with Gasteiger partial charge < -0.3 is 9.64 Å². The van der Waals surface area contributed by atoms with Gasteiger partial charge in [0.15, 0.2) is 0 Å². The molecule has 1 saturated heterocycles. The average molecular weight is 316 g/mol. The molecule has 1 aliphatic carbocycles. The largest absolute Gasteiger partial charge is 0.472 e. The molecule has 4 nitrogen and oxygen atoms in total. The van der Waals surface area contributed by atoms with Crippen LogP contribution < -0.4 is 4.74 Å². The lowest BCUT2D eigenvalue weighted by Crippen LogP contribution is -2.31. The summed E-state index contributed by atoms with van der Waals surface area (Å²) in [7, 11) is 0. The molecule has 1 aromatic rings. The molecule has 0 aromatic carbocycles. The van der Waals surface area contributed by atoms with E-state index in [0.717, 1.165) is 31.0 Å². The molecule has 1 unspecified atom stereocenters. The number of hydrogen-bond donors (Lipinski definition) is 0. The number of aryl methyl sites for hydroxylation is 1. The standard InChI is InChI=1S/C19H28N2O2/c1-15-6-5-9-18(20-15)23-17-12-13-21(14-17)19(22)11-10-16-7-3-2-4-8-16/h5-6,9,16-17H,2-4,7-8,10-14H2,1H3. The highest BCUT2D eigenvalue weighted by molar-refractivity contribution is 5.76. The van der Waals surface area contributed by atoms with Crippen LogP contribution in [0.25, 0.3) is 0 Å². The molecule has 1 saturated carbocycles. The maximum Gasteiger partial charge on any atom is 0.222 e. The van der Waals surface area contributed by atoms with Gasteiger partial charge in [-0.25, -0.2) is 4.98 Å². The maximum atomic E-state index is 12.4. The SMILES string of the molecule is Cc1cccc(OC2CCN(C(=O)CCC3CCCCC3)C2)n1. The van der Waals surface area contributed by atoms with Gasteiger partial charge >= 0.3 is 0 Å². The van der Waals surface area contributed by atoms with Crippen LogP contribution in [0.5, 0.6) is 5.88 Å². The quantitative estimate of drug-likeness (QED) is 0.831. The highest BCUT2D eigenvalue weighted by atomic mass is 16.5. The summed E-state index contributed by atoms with van der Waals surface area (Å²) in [6.07, 6.45) is 9.48. The minimum absolute atomic E-state index is 0.0860. The van der Waals surface area contributed by atoms with Crippen molar-refractivity contribution in [2.24, 2.45) is 5.92 Å². The van der Waals surface area contributed by atoms with Crippen molar-refractivity contribution in [3.63, 3.8) is 0 Å².